The second-order valence-electron chi connectivity index (χ2n) is 11.6. The minimum atomic E-state index is -1.34. The van der Waals surface area contributed by atoms with E-state index in [1.54, 1.807) is 6.92 Å². The van der Waals surface area contributed by atoms with Crippen LogP contribution < -0.4 is 16.4 Å². The molecule has 252 valence electrons. The van der Waals surface area contributed by atoms with Crippen LogP contribution in [0, 0.1) is 17.5 Å². The average Bonchev–Trinajstić information content (AvgIpc) is 3.43. The fraction of sp³-hybridized carbons (Fsp3) is 0.515. The van der Waals surface area contributed by atoms with Crippen molar-refractivity contribution >= 4 is 23.8 Å². The molecule has 0 aromatic heterocycles. The summed E-state index contributed by atoms with van der Waals surface area (Å²) in [5.41, 5.74) is 6.81. The van der Waals surface area contributed by atoms with Crippen LogP contribution in [-0.2, 0) is 36.8 Å². The predicted octanol–water partition coefficient (Wildman–Crippen LogP) is 3.25. The molecule has 5 atom stereocenters. The Morgan fingerprint density at radius 3 is 2.37 bits per heavy atom. The molecule has 1 heterocycles. The highest BCUT2D eigenvalue weighted by Gasteiger charge is 2.43. The van der Waals surface area contributed by atoms with Crippen molar-refractivity contribution in [3.05, 3.63) is 71.0 Å². The average molecular weight is 649 g/mol. The van der Waals surface area contributed by atoms with Crippen LogP contribution in [0.4, 0.5) is 13.2 Å². The maximum absolute atomic E-state index is 14.0. The Kier molecular flexibility index (Phi) is 14.0. The highest BCUT2D eigenvalue weighted by Crippen LogP contribution is 2.22. The molecule has 2 aromatic carbocycles. The summed E-state index contributed by atoms with van der Waals surface area (Å²) in [4.78, 5) is 53.0. The van der Waals surface area contributed by atoms with E-state index in [0.29, 0.717) is 37.8 Å². The van der Waals surface area contributed by atoms with E-state index in [9.17, 15) is 37.5 Å². The van der Waals surface area contributed by atoms with Crippen molar-refractivity contribution in [3.8, 4) is 0 Å². The van der Waals surface area contributed by atoms with Gasteiger partial charge in [0, 0.05) is 37.5 Å². The lowest BCUT2D eigenvalue weighted by Crippen LogP contribution is -2.54. The zero-order chi connectivity index (χ0) is 33.8. The van der Waals surface area contributed by atoms with Crippen LogP contribution in [-0.4, -0.2) is 77.1 Å². The summed E-state index contributed by atoms with van der Waals surface area (Å²) in [6.45, 7) is 3.71. The van der Waals surface area contributed by atoms with E-state index >= 15 is 0 Å². The first-order valence-corrected chi connectivity index (χ1v) is 15.6. The van der Waals surface area contributed by atoms with E-state index in [1.807, 2.05) is 37.3 Å². The van der Waals surface area contributed by atoms with Gasteiger partial charge in [0.15, 0.2) is 11.6 Å². The van der Waals surface area contributed by atoms with Gasteiger partial charge in [-0.3, -0.25) is 19.7 Å². The third-order valence-corrected chi connectivity index (χ3v) is 7.94. The number of hydrogen-bond donors (Lipinski definition) is 4. The van der Waals surface area contributed by atoms with Crippen LogP contribution in [0.25, 0.3) is 0 Å². The molecule has 46 heavy (non-hydrogen) atoms. The second-order valence-corrected chi connectivity index (χ2v) is 11.6. The largest absolute Gasteiger partial charge is 0.480 e. The lowest BCUT2D eigenvalue weighted by atomic mass is 10.0. The number of carbonyl (C=O) groups excluding carboxylic acids is 3. The fourth-order valence-electron chi connectivity index (χ4n) is 5.61. The second kappa shape index (κ2) is 17.7. The third-order valence-electron chi connectivity index (χ3n) is 7.94. The Labute approximate surface area is 266 Å². The molecule has 1 saturated heterocycles. The Balaban J connectivity index is 1.68. The number of benzene rings is 2. The van der Waals surface area contributed by atoms with Crippen LogP contribution in [0.1, 0.15) is 63.5 Å². The SMILES string of the molecule is CCCC[C@H](NC(CCc1ccccc1)C(=O)OCC)C(=O)N1C[C@@H](NC(=O)C[C@H](N)Cc2cc(F)c(F)cc2F)C[C@H]1C(=O)O. The molecule has 1 fully saturated rings. The minimum Gasteiger partial charge on any atom is -0.480 e. The van der Waals surface area contributed by atoms with Crippen molar-refractivity contribution in [2.24, 2.45) is 5.73 Å². The first kappa shape index (κ1) is 36.5. The summed E-state index contributed by atoms with van der Waals surface area (Å²) in [7, 11) is 0. The molecule has 0 saturated carbocycles. The van der Waals surface area contributed by atoms with Gasteiger partial charge in [-0.05, 0) is 49.8 Å². The van der Waals surface area contributed by atoms with Crippen LogP contribution in [0.3, 0.4) is 0 Å². The molecule has 3 rings (SSSR count). The smallest absolute Gasteiger partial charge is 0.326 e. The van der Waals surface area contributed by atoms with Gasteiger partial charge in [0.05, 0.1) is 12.6 Å². The van der Waals surface area contributed by atoms with Crippen molar-refractivity contribution < 1.29 is 42.2 Å². The first-order valence-electron chi connectivity index (χ1n) is 15.6. The highest BCUT2D eigenvalue weighted by molar-refractivity contribution is 5.89. The molecule has 0 aliphatic carbocycles. The van der Waals surface area contributed by atoms with Gasteiger partial charge in [0.1, 0.15) is 17.9 Å². The van der Waals surface area contributed by atoms with Crippen molar-refractivity contribution in [2.45, 2.75) is 95.4 Å². The van der Waals surface area contributed by atoms with Crippen LogP contribution >= 0.6 is 0 Å². The normalized spacial score (nSPS) is 18.1. The molecule has 1 aliphatic rings. The molecule has 1 aliphatic heterocycles. The Hall–Kier alpha value is -3.97. The molecule has 0 bridgehead atoms. The fourth-order valence-corrected chi connectivity index (χ4v) is 5.61. The van der Waals surface area contributed by atoms with Gasteiger partial charge in [-0.1, -0.05) is 50.1 Å². The van der Waals surface area contributed by atoms with Crippen molar-refractivity contribution in [2.75, 3.05) is 13.2 Å². The number of ether oxygens (including phenoxy) is 1. The number of nitrogens with zero attached hydrogens (tertiary/aromatic N) is 1. The summed E-state index contributed by atoms with van der Waals surface area (Å²) >= 11 is 0. The standard InChI is InChI=1S/C33H43F3N4O6/c1-3-5-11-27(39-28(33(45)46-4-2)13-12-20-9-7-6-8-10-20)31(42)40-19-23(17-29(40)32(43)44)38-30(41)16-22(37)14-21-15-25(35)26(36)18-24(21)34/h6-10,15,18,22-23,27-29,39H,3-5,11-14,16-17,19,37H2,1-2H3,(H,38,41)(H,43,44)/t22-,23+,27+,28?,29+/m1/s1. The van der Waals surface area contributed by atoms with Gasteiger partial charge in [0.2, 0.25) is 11.8 Å². The Morgan fingerprint density at radius 1 is 1.02 bits per heavy atom. The van der Waals surface area contributed by atoms with E-state index < -0.39 is 71.4 Å². The van der Waals surface area contributed by atoms with Gasteiger partial charge < -0.3 is 25.8 Å². The summed E-state index contributed by atoms with van der Waals surface area (Å²) < 4.78 is 46.1. The summed E-state index contributed by atoms with van der Waals surface area (Å²) in [6.07, 6.45) is 2.06. The number of nitrogens with two attached hydrogens (primary N) is 1. The number of carboxylic acids is 1. The summed E-state index contributed by atoms with van der Waals surface area (Å²) in [5, 5.41) is 15.8. The third kappa shape index (κ3) is 10.5. The van der Waals surface area contributed by atoms with Gasteiger partial charge in [-0.2, -0.15) is 0 Å². The molecular formula is C33H43F3N4O6. The van der Waals surface area contributed by atoms with E-state index in [-0.39, 0.29) is 38.0 Å². The van der Waals surface area contributed by atoms with Crippen LogP contribution in [0.5, 0.6) is 0 Å². The quantitative estimate of drug-likeness (QED) is 0.151. The topological polar surface area (TPSA) is 151 Å². The molecule has 2 amide bonds. The van der Waals surface area contributed by atoms with Crippen molar-refractivity contribution in [1.82, 2.24) is 15.5 Å². The van der Waals surface area contributed by atoms with Crippen molar-refractivity contribution in [3.63, 3.8) is 0 Å². The lowest BCUT2D eigenvalue weighted by molar-refractivity contribution is -0.150. The Bertz CT molecular complexity index is 1350. The van der Waals surface area contributed by atoms with Gasteiger partial charge in [-0.15, -0.1) is 0 Å². The monoisotopic (exact) mass is 648 g/mol. The molecule has 1 unspecified atom stereocenters. The summed E-state index contributed by atoms with van der Waals surface area (Å²) in [6, 6.07) is 6.09. The molecule has 0 radical (unpaired) electrons. The molecule has 5 N–H and O–H groups in total. The maximum Gasteiger partial charge on any atom is 0.326 e. The molecule has 2 aromatic rings. The number of aryl methyl sites for hydroxylation is 1. The molecular weight excluding hydrogens is 605 g/mol. The van der Waals surface area contributed by atoms with Crippen LogP contribution in [0.15, 0.2) is 42.5 Å². The number of unbranched alkanes of at least 4 members (excludes halogenated alkanes) is 1. The lowest BCUT2D eigenvalue weighted by Gasteiger charge is -2.30. The number of aliphatic carboxylic acids is 1. The summed E-state index contributed by atoms with van der Waals surface area (Å²) in [5.74, 6) is -6.37. The zero-order valence-electron chi connectivity index (χ0n) is 26.1. The van der Waals surface area contributed by atoms with E-state index in [1.165, 1.54) is 4.90 Å². The first-order chi connectivity index (χ1) is 21.9. The zero-order valence-corrected chi connectivity index (χ0v) is 26.1. The number of nitrogens with one attached hydrogen (secondary N) is 2. The molecule has 10 nitrogen and oxygen atoms in total. The number of likely N-dealkylation sites (tertiary alicyclic amines) is 1. The molecule has 13 heteroatoms. The predicted molar refractivity (Wildman–Crippen MR) is 164 cm³/mol. The number of halogens is 3. The van der Waals surface area contributed by atoms with E-state index in [4.69, 9.17) is 10.5 Å². The van der Waals surface area contributed by atoms with Gasteiger partial charge >= 0.3 is 11.9 Å². The van der Waals surface area contributed by atoms with Gasteiger partial charge in [0.25, 0.3) is 0 Å². The number of rotatable bonds is 17. The number of amides is 2. The minimum absolute atomic E-state index is 0.0599. The van der Waals surface area contributed by atoms with E-state index in [0.717, 1.165) is 12.0 Å². The van der Waals surface area contributed by atoms with Crippen molar-refractivity contribution in [1.29, 1.82) is 0 Å². The van der Waals surface area contributed by atoms with Gasteiger partial charge in [-0.25, -0.2) is 18.0 Å². The van der Waals surface area contributed by atoms with Crippen LogP contribution in [0.2, 0.25) is 0 Å². The number of hydrogen-bond acceptors (Lipinski definition) is 7. The Morgan fingerprint density at radius 2 is 1.72 bits per heavy atom. The van der Waals surface area contributed by atoms with E-state index in [2.05, 4.69) is 10.6 Å². The maximum atomic E-state index is 14.0. The number of carbonyl (C=O) groups is 4. The molecule has 0 spiro atoms. The number of carboxylic acid groups (broad SMARTS) is 1. The number of esters is 1. The highest BCUT2D eigenvalue weighted by atomic mass is 19.2.